The van der Waals surface area contributed by atoms with Gasteiger partial charge < -0.3 is 10.2 Å². The fourth-order valence-corrected chi connectivity index (χ4v) is 3.11. The van der Waals surface area contributed by atoms with Crippen LogP contribution in [0.5, 0.6) is 0 Å². The second-order valence-electron chi connectivity index (χ2n) is 4.90. The topological polar surface area (TPSA) is 32.3 Å². The SMILES string of the molecule is O=C(Nc1ccccc1Cl)N1C[C@H]2CC[C@H]1C2. The maximum Gasteiger partial charge on any atom is 0.322 e. The second-order valence-corrected chi connectivity index (χ2v) is 5.30. The lowest BCUT2D eigenvalue weighted by atomic mass is 10.1. The van der Waals surface area contributed by atoms with Gasteiger partial charge in [-0.3, -0.25) is 0 Å². The van der Waals surface area contributed by atoms with Gasteiger partial charge in [-0.05, 0) is 37.3 Å². The van der Waals surface area contributed by atoms with Crippen LogP contribution in [0.25, 0.3) is 0 Å². The van der Waals surface area contributed by atoms with Gasteiger partial charge in [0.05, 0.1) is 10.7 Å². The third kappa shape index (κ3) is 2.00. The minimum atomic E-state index is -0.00898. The van der Waals surface area contributed by atoms with Gasteiger partial charge in [0.2, 0.25) is 0 Å². The first-order valence-corrected chi connectivity index (χ1v) is 6.44. The summed E-state index contributed by atoms with van der Waals surface area (Å²) < 4.78 is 0. The van der Waals surface area contributed by atoms with Gasteiger partial charge in [0.1, 0.15) is 0 Å². The molecular formula is C13H15ClN2O. The minimum Gasteiger partial charge on any atom is -0.321 e. The van der Waals surface area contributed by atoms with Crippen LogP contribution in [0.2, 0.25) is 5.02 Å². The standard InChI is InChI=1S/C13H15ClN2O/c14-11-3-1-2-4-12(11)15-13(17)16-8-9-5-6-10(16)7-9/h1-4,9-10H,5-8H2,(H,15,17)/t9-,10-/m0/s1. The highest BCUT2D eigenvalue weighted by molar-refractivity contribution is 6.33. The molecule has 2 fully saturated rings. The van der Waals surface area contributed by atoms with E-state index in [1.165, 1.54) is 12.8 Å². The summed E-state index contributed by atoms with van der Waals surface area (Å²) in [6.45, 7) is 0.904. The van der Waals surface area contributed by atoms with Crippen LogP contribution in [0.4, 0.5) is 10.5 Å². The van der Waals surface area contributed by atoms with E-state index in [1.807, 2.05) is 23.1 Å². The lowest BCUT2D eigenvalue weighted by Crippen LogP contribution is -2.40. The molecule has 1 aromatic carbocycles. The molecule has 0 aromatic heterocycles. The summed E-state index contributed by atoms with van der Waals surface area (Å²) >= 11 is 6.02. The molecule has 4 heteroatoms. The summed E-state index contributed by atoms with van der Waals surface area (Å²) in [4.78, 5) is 14.1. The summed E-state index contributed by atoms with van der Waals surface area (Å²) in [6, 6.07) is 7.78. The van der Waals surface area contributed by atoms with E-state index in [-0.39, 0.29) is 6.03 Å². The average Bonchev–Trinajstić information content (AvgIpc) is 2.94. The molecule has 1 aliphatic heterocycles. The monoisotopic (exact) mass is 250 g/mol. The number of nitrogens with zero attached hydrogens (tertiary/aromatic N) is 1. The largest absolute Gasteiger partial charge is 0.322 e. The number of rotatable bonds is 1. The Bertz CT molecular complexity index is 449. The van der Waals surface area contributed by atoms with E-state index in [9.17, 15) is 4.79 Å². The Morgan fingerprint density at radius 3 is 2.82 bits per heavy atom. The van der Waals surface area contributed by atoms with E-state index in [0.29, 0.717) is 16.8 Å². The van der Waals surface area contributed by atoms with Crippen LogP contribution in [0.3, 0.4) is 0 Å². The van der Waals surface area contributed by atoms with Crippen molar-refractivity contribution in [2.24, 2.45) is 5.92 Å². The van der Waals surface area contributed by atoms with Crippen LogP contribution >= 0.6 is 11.6 Å². The van der Waals surface area contributed by atoms with Gasteiger partial charge in [-0.1, -0.05) is 23.7 Å². The van der Waals surface area contributed by atoms with Crippen molar-refractivity contribution in [1.82, 2.24) is 4.90 Å². The summed E-state index contributed by atoms with van der Waals surface area (Å²) in [5, 5.41) is 3.48. The van der Waals surface area contributed by atoms with Crippen molar-refractivity contribution < 1.29 is 4.79 Å². The molecule has 90 valence electrons. The quantitative estimate of drug-likeness (QED) is 0.815. The Labute approximate surface area is 106 Å². The number of halogens is 1. The van der Waals surface area contributed by atoms with Crippen LogP contribution in [-0.2, 0) is 0 Å². The van der Waals surface area contributed by atoms with E-state index in [0.717, 1.165) is 18.9 Å². The highest BCUT2D eigenvalue weighted by atomic mass is 35.5. The molecule has 17 heavy (non-hydrogen) atoms. The van der Waals surface area contributed by atoms with Crippen molar-refractivity contribution in [3.05, 3.63) is 29.3 Å². The number of likely N-dealkylation sites (tertiary alicyclic amines) is 1. The zero-order valence-corrected chi connectivity index (χ0v) is 10.3. The highest BCUT2D eigenvalue weighted by Crippen LogP contribution is 2.37. The number of urea groups is 1. The maximum absolute atomic E-state index is 12.1. The normalized spacial score (nSPS) is 26.3. The van der Waals surface area contributed by atoms with E-state index in [2.05, 4.69) is 5.32 Å². The number of carbonyl (C=O) groups is 1. The van der Waals surface area contributed by atoms with Crippen LogP contribution in [0, 0.1) is 5.92 Å². The zero-order chi connectivity index (χ0) is 11.8. The number of benzene rings is 1. The van der Waals surface area contributed by atoms with Gasteiger partial charge in [0, 0.05) is 12.6 Å². The Balaban J connectivity index is 1.70. The molecule has 0 unspecified atom stereocenters. The summed E-state index contributed by atoms with van der Waals surface area (Å²) in [7, 11) is 0. The molecule has 0 spiro atoms. The predicted molar refractivity (Wildman–Crippen MR) is 68.3 cm³/mol. The van der Waals surface area contributed by atoms with Crippen LogP contribution in [-0.4, -0.2) is 23.5 Å². The molecule has 1 heterocycles. The molecule has 2 atom stereocenters. The lowest BCUT2D eigenvalue weighted by molar-refractivity contribution is 0.194. The third-order valence-electron chi connectivity index (χ3n) is 3.79. The van der Waals surface area contributed by atoms with Crippen molar-refractivity contribution in [2.45, 2.75) is 25.3 Å². The Kier molecular flexibility index (Phi) is 2.71. The number of nitrogens with one attached hydrogen (secondary N) is 1. The Morgan fingerprint density at radius 1 is 1.35 bits per heavy atom. The molecule has 1 aliphatic carbocycles. The molecule has 1 aromatic rings. The first kappa shape index (κ1) is 10.9. The number of hydrogen-bond acceptors (Lipinski definition) is 1. The highest BCUT2D eigenvalue weighted by Gasteiger charge is 2.40. The van der Waals surface area contributed by atoms with E-state index < -0.39 is 0 Å². The van der Waals surface area contributed by atoms with Crippen molar-refractivity contribution in [2.75, 3.05) is 11.9 Å². The molecule has 2 bridgehead atoms. The molecule has 1 saturated carbocycles. The fourth-order valence-electron chi connectivity index (χ4n) is 2.92. The van der Waals surface area contributed by atoms with Gasteiger partial charge in [0.25, 0.3) is 0 Å². The second kappa shape index (κ2) is 4.22. The molecular weight excluding hydrogens is 236 g/mol. The zero-order valence-electron chi connectivity index (χ0n) is 9.53. The number of anilines is 1. The molecule has 2 aliphatic rings. The molecule has 2 amide bonds. The Morgan fingerprint density at radius 2 is 2.18 bits per heavy atom. The number of amides is 2. The molecule has 3 rings (SSSR count). The molecule has 3 nitrogen and oxygen atoms in total. The average molecular weight is 251 g/mol. The number of piperidine rings is 1. The number of para-hydroxylation sites is 1. The lowest BCUT2D eigenvalue weighted by Gasteiger charge is -2.27. The first-order valence-electron chi connectivity index (χ1n) is 6.06. The summed E-state index contributed by atoms with van der Waals surface area (Å²) in [5.41, 5.74) is 0.696. The van der Waals surface area contributed by atoms with Crippen molar-refractivity contribution >= 4 is 23.3 Å². The molecule has 1 saturated heterocycles. The first-order chi connectivity index (χ1) is 8.24. The van der Waals surface area contributed by atoms with Crippen LogP contribution in [0.1, 0.15) is 19.3 Å². The van der Waals surface area contributed by atoms with E-state index >= 15 is 0 Å². The van der Waals surface area contributed by atoms with E-state index in [4.69, 9.17) is 11.6 Å². The van der Waals surface area contributed by atoms with Gasteiger partial charge >= 0.3 is 6.03 Å². The predicted octanol–water partition coefficient (Wildman–Crippen LogP) is 3.36. The smallest absolute Gasteiger partial charge is 0.321 e. The number of fused-ring (bicyclic) bond motifs is 2. The van der Waals surface area contributed by atoms with Gasteiger partial charge in [-0.2, -0.15) is 0 Å². The number of carbonyl (C=O) groups excluding carboxylic acids is 1. The minimum absolute atomic E-state index is 0.00898. The van der Waals surface area contributed by atoms with Gasteiger partial charge in [-0.25, -0.2) is 4.79 Å². The van der Waals surface area contributed by atoms with Crippen molar-refractivity contribution in [3.63, 3.8) is 0 Å². The fraction of sp³-hybridized carbons (Fsp3) is 0.462. The van der Waals surface area contributed by atoms with Crippen LogP contribution in [0.15, 0.2) is 24.3 Å². The van der Waals surface area contributed by atoms with E-state index in [1.54, 1.807) is 6.07 Å². The molecule has 0 radical (unpaired) electrons. The maximum atomic E-state index is 12.1. The van der Waals surface area contributed by atoms with Gasteiger partial charge in [0.15, 0.2) is 0 Å². The number of hydrogen-bond donors (Lipinski definition) is 1. The van der Waals surface area contributed by atoms with Crippen molar-refractivity contribution in [3.8, 4) is 0 Å². The third-order valence-corrected chi connectivity index (χ3v) is 4.12. The van der Waals surface area contributed by atoms with Crippen LogP contribution < -0.4 is 5.32 Å². The summed E-state index contributed by atoms with van der Waals surface area (Å²) in [6.07, 6.45) is 3.61. The Hall–Kier alpha value is -1.22. The van der Waals surface area contributed by atoms with Crippen molar-refractivity contribution in [1.29, 1.82) is 0 Å². The molecule has 1 N–H and O–H groups in total. The summed E-state index contributed by atoms with van der Waals surface area (Å²) in [5.74, 6) is 0.719. The van der Waals surface area contributed by atoms with Gasteiger partial charge in [-0.15, -0.1) is 0 Å².